The number of benzene rings is 3. The fraction of sp³-hybridized carbons (Fsp3) is 0.217. The molecule has 3 rings (SSSR count). The maximum Gasteiger partial charge on any atom is 0.115 e. The van der Waals surface area contributed by atoms with Gasteiger partial charge in [0.15, 0.2) is 0 Å². The molecule has 134 valence electrons. The van der Waals surface area contributed by atoms with Crippen LogP contribution < -0.4 is 0 Å². The minimum absolute atomic E-state index is 0.319. The zero-order chi connectivity index (χ0) is 18.4. The molecule has 3 aromatic carbocycles. The molecule has 0 aliphatic rings. The van der Waals surface area contributed by atoms with Crippen molar-refractivity contribution in [1.29, 1.82) is 0 Å². The Morgan fingerprint density at radius 3 is 1.69 bits per heavy atom. The van der Waals surface area contributed by atoms with Crippen LogP contribution in [0.4, 0.5) is 0 Å². The standard InChI is InChI=1S/C23H24OS2/c1-17-5-3-7-19(13-17)15-25-23(21-9-11-22(24)12-10-21)26-16-20-8-4-6-18(2)14-20/h3-14,23-24H,15-16H2,1-2H3. The first-order valence-corrected chi connectivity index (χ1v) is 10.8. The first-order chi connectivity index (χ1) is 12.6. The highest BCUT2D eigenvalue weighted by Crippen LogP contribution is 2.43. The average Bonchev–Trinajstić information content (AvgIpc) is 2.63. The van der Waals surface area contributed by atoms with Crippen LogP contribution in [0, 0.1) is 13.8 Å². The van der Waals surface area contributed by atoms with E-state index >= 15 is 0 Å². The fourth-order valence-corrected chi connectivity index (χ4v) is 5.36. The van der Waals surface area contributed by atoms with Gasteiger partial charge in [-0.1, -0.05) is 71.8 Å². The van der Waals surface area contributed by atoms with Gasteiger partial charge in [-0.25, -0.2) is 0 Å². The van der Waals surface area contributed by atoms with Gasteiger partial charge in [0.25, 0.3) is 0 Å². The molecule has 0 heterocycles. The summed E-state index contributed by atoms with van der Waals surface area (Å²) in [7, 11) is 0. The van der Waals surface area contributed by atoms with E-state index in [1.54, 1.807) is 12.1 Å². The Bertz CT molecular complexity index is 793. The molecule has 0 fully saturated rings. The third-order valence-corrected chi connectivity index (χ3v) is 7.10. The summed E-state index contributed by atoms with van der Waals surface area (Å²) >= 11 is 3.89. The molecule has 0 saturated heterocycles. The average molecular weight is 381 g/mol. The molecule has 0 atom stereocenters. The molecule has 1 nitrogen and oxygen atoms in total. The summed E-state index contributed by atoms with van der Waals surface area (Å²) in [5.74, 6) is 2.28. The molecule has 0 unspecified atom stereocenters. The van der Waals surface area contributed by atoms with Crippen LogP contribution in [0.25, 0.3) is 0 Å². The fourth-order valence-electron chi connectivity index (χ4n) is 2.82. The van der Waals surface area contributed by atoms with Crippen molar-refractivity contribution in [3.8, 4) is 5.75 Å². The van der Waals surface area contributed by atoms with Gasteiger partial charge in [-0.05, 0) is 42.7 Å². The summed E-state index contributed by atoms with van der Waals surface area (Å²) < 4.78 is 0.330. The summed E-state index contributed by atoms with van der Waals surface area (Å²) in [6.07, 6.45) is 0. The van der Waals surface area contributed by atoms with Gasteiger partial charge >= 0.3 is 0 Å². The van der Waals surface area contributed by atoms with Crippen LogP contribution >= 0.6 is 23.5 Å². The molecule has 1 N–H and O–H groups in total. The lowest BCUT2D eigenvalue weighted by Gasteiger charge is -2.17. The Kier molecular flexibility index (Phi) is 6.70. The predicted molar refractivity (Wildman–Crippen MR) is 116 cm³/mol. The number of phenolic OH excluding ortho intramolecular Hbond substituents is 1. The van der Waals surface area contributed by atoms with Crippen molar-refractivity contribution in [3.63, 3.8) is 0 Å². The number of aromatic hydroxyl groups is 1. The van der Waals surface area contributed by atoms with E-state index in [1.807, 2.05) is 35.7 Å². The summed E-state index contributed by atoms with van der Waals surface area (Å²) in [6.45, 7) is 4.27. The maximum absolute atomic E-state index is 9.60. The van der Waals surface area contributed by atoms with E-state index < -0.39 is 0 Å². The minimum Gasteiger partial charge on any atom is -0.508 e. The Morgan fingerprint density at radius 2 is 1.23 bits per heavy atom. The van der Waals surface area contributed by atoms with Crippen molar-refractivity contribution in [2.24, 2.45) is 0 Å². The number of aryl methyl sites for hydroxylation is 2. The van der Waals surface area contributed by atoms with E-state index in [0.29, 0.717) is 10.3 Å². The molecule has 3 heteroatoms. The van der Waals surface area contributed by atoms with E-state index in [-0.39, 0.29) is 0 Å². The van der Waals surface area contributed by atoms with Crippen LogP contribution in [0.1, 0.15) is 32.4 Å². The molecule has 3 aromatic rings. The molecule has 0 aromatic heterocycles. The van der Waals surface area contributed by atoms with E-state index in [2.05, 4.69) is 62.4 Å². The lowest BCUT2D eigenvalue weighted by Crippen LogP contribution is -1.93. The number of rotatable bonds is 7. The zero-order valence-corrected chi connectivity index (χ0v) is 16.8. The van der Waals surface area contributed by atoms with Crippen molar-refractivity contribution in [3.05, 3.63) is 101 Å². The lowest BCUT2D eigenvalue weighted by atomic mass is 10.2. The van der Waals surface area contributed by atoms with Crippen LogP contribution in [0.5, 0.6) is 5.75 Å². The molecular formula is C23H24OS2. The second-order valence-corrected chi connectivity index (χ2v) is 9.01. The molecule has 0 spiro atoms. The minimum atomic E-state index is 0.319. The monoisotopic (exact) mass is 380 g/mol. The quantitative estimate of drug-likeness (QED) is 0.451. The number of hydrogen-bond acceptors (Lipinski definition) is 3. The molecule has 0 saturated carbocycles. The Hall–Kier alpha value is -1.84. The van der Waals surface area contributed by atoms with Crippen molar-refractivity contribution >= 4 is 23.5 Å². The van der Waals surface area contributed by atoms with Crippen LogP contribution in [0.2, 0.25) is 0 Å². The molecule has 0 amide bonds. The maximum atomic E-state index is 9.60. The van der Waals surface area contributed by atoms with Gasteiger partial charge < -0.3 is 5.11 Å². The van der Waals surface area contributed by atoms with E-state index in [4.69, 9.17) is 0 Å². The second-order valence-electron chi connectivity index (χ2n) is 6.52. The molecular weight excluding hydrogens is 356 g/mol. The zero-order valence-electron chi connectivity index (χ0n) is 15.2. The highest BCUT2D eigenvalue weighted by Gasteiger charge is 2.14. The number of phenols is 1. The Labute approximate surface area is 164 Å². The molecule has 26 heavy (non-hydrogen) atoms. The Morgan fingerprint density at radius 1 is 0.731 bits per heavy atom. The van der Waals surface area contributed by atoms with Gasteiger partial charge in [-0.3, -0.25) is 0 Å². The van der Waals surface area contributed by atoms with Gasteiger partial charge in [0.2, 0.25) is 0 Å². The smallest absolute Gasteiger partial charge is 0.115 e. The SMILES string of the molecule is Cc1cccc(CSC(SCc2cccc(C)c2)c2ccc(O)cc2)c1. The third-order valence-electron chi connectivity index (χ3n) is 4.13. The van der Waals surface area contributed by atoms with Crippen molar-refractivity contribution in [2.45, 2.75) is 29.9 Å². The number of thioether (sulfide) groups is 2. The van der Waals surface area contributed by atoms with E-state index in [0.717, 1.165) is 11.5 Å². The largest absolute Gasteiger partial charge is 0.508 e. The summed E-state index contributed by atoms with van der Waals surface area (Å²) in [5, 5.41) is 9.60. The van der Waals surface area contributed by atoms with Gasteiger partial charge in [-0.15, -0.1) is 23.5 Å². The van der Waals surface area contributed by atoms with Crippen molar-refractivity contribution < 1.29 is 5.11 Å². The molecule has 0 bridgehead atoms. The summed E-state index contributed by atoms with van der Waals surface area (Å²) in [5.41, 5.74) is 6.57. The normalized spacial score (nSPS) is 11.0. The second kappa shape index (κ2) is 9.20. The van der Waals surface area contributed by atoms with Gasteiger partial charge in [0.1, 0.15) is 5.75 Å². The lowest BCUT2D eigenvalue weighted by molar-refractivity contribution is 0.475. The Balaban J connectivity index is 1.71. The van der Waals surface area contributed by atoms with E-state index in [9.17, 15) is 5.11 Å². The summed E-state index contributed by atoms with van der Waals surface area (Å²) in [4.78, 5) is 0. The highest BCUT2D eigenvalue weighted by atomic mass is 32.2. The topological polar surface area (TPSA) is 20.2 Å². The highest BCUT2D eigenvalue weighted by molar-refractivity contribution is 8.15. The first-order valence-electron chi connectivity index (χ1n) is 8.73. The first kappa shape index (κ1) is 18.9. The van der Waals surface area contributed by atoms with Crippen LogP contribution in [-0.4, -0.2) is 5.11 Å². The molecule has 0 aliphatic heterocycles. The summed E-state index contributed by atoms with van der Waals surface area (Å²) in [6, 6.07) is 25.1. The van der Waals surface area contributed by atoms with Crippen LogP contribution in [0.3, 0.4) is 0 Å². The molecule has 0 radical (unpaired) electrons. The van der Waals surface area contributed by atoms with Crippen LogP contribution in [-0.2, 0) is 11.5 Å². The van der Waals surface area contributed by atoms with Gasteiger partial charge in [0.05, 0.1) is 4.58 Å². The van der Waals surface area contributed by atoms with Crippen LogP contribution in [0.15, 0.2) is 72.8 Å². The predicted octanol–water partition coefficient (Wildman–Crippen LogP) is 6.87. The third kappa shape index (κ3) is 5.58. The molecule has 0 aliphatic carbocycles. The van der Waals surface area contributed by atoms with E-state index in [1.165, 1.54) is 27.8 Å². The van der Waals surface area contributed by atoms with Crippen molar-refractivity contribution in [2.75, 3.05) is 0 Å². The van der Waals surface area contributed by atoms with Crippen molar-refractivity contribution in [1.82, 2.24) is 0 Å². The number of hydrogen-bond donors (Lipinski definition) is 1. The van der Waals surface area contributed by atoms with Gasteiger partial charge in [0, 0.05) is 11.5 Å². The van der Waals surface area contributed by atoms with Gasteiger partial charge in [-0.2, -0.15) is 0 Å².